The zero-order valence-corrected chi connectivity index (χ0v) is 24.3. The summed E-state index contributed by atoms with van der Waals surface area (Å²) in [6, 6.07) is 26.2. The van der Waals surface area contributed by atoms with E-state index in [1.165, 1.54) is 33.5 Å². The third kappa shape index (κ3) is 7.98. The molecule has 0 heterocycles. The maximum absolute atomic E-state index is 13.5. The molecular weight excluding hydrogens is 544 g/mol. The third-order valence-electron chi connectivity index (χ3n) is 6.46. The van der Waals surface area contributed by atoms with Crippen molar-refractivity contribution in [3.8, 4) is 17.2 Å². The van der Waals surface area contributed by atoms with E-state index in [0.29, 0.717) is 39.6 Å². The highest BCUT2D eigenvalue weighted by molar-refractivity contribution is 6.11. The van der Waals surface area contributed by atoms with Crippen LogP contribution in [-0.4, -0.2) is 38.9 Å². The molecule has 0 bridgehead atoms. The van der Waals surface area contributed by atoms with Gasteiger partial charge in [-0.2, -0.15) is 0 Å². The molecule has 0 atom stereocenters. The molecule has 0 aliphatic carbocycles. The van der Waals surface area contributed by atoms with Gasteiger partial charge < -0.3 is 24.8 Å². The second-order valence-corrected chi connectivity index (χ2v) is 9.47. The number of aryl methyl sites for hydroxylation is 1. The topological polar surface area (TPSA) is 103 Å². The Labute approximate surface area is 250 Å². The van der Waals surface area contributed by atoms with Crippen LogP contribution in [-0.2, 0) is 4.79 Å². The number of anilines is 1. The predicted molar refractivity (Wildman–Crippen MR) is 168 cm³/mol. The number of amides is 2. The minimum atomic E-state index is -0.584. The average Bonchev–Trinajstić information content (AvgIpc) is 3.03. The van der Waals surface area contributed by atoms with Crippen LogP contribution >= 0.6 is 0 Å². The fourth-order valence-corrected chi connectivity index (χ4v) is 4.22. The second-order valence-electron chi connectivity index (χ2n) is 9.47. The van der Waals surface area contributed by atoms with Gasteiger partial charge in [-0.05, 0) is 67.1 Å². The molecule has 0 fully saturated rings. The summed E-state index contributed by atoms with van der Waals surface area (Å²) < 4.78 is 16.3. The fraction of sp³-hybridized carbons (Fsp3) is 0.114. The summed E-state index contributed by atoms with van der Waals surface area (Å²) in [6.07, 6.45) is 4.77. The van der Waals surface area contributed by atoms with Crippen molar-refractivity contribution in [2.24, 2.45) is 0 Å². The summed E-state index contributed by atoms with van der Waals surface area (Å²) in [5, 5.41) is 5.49. The van der Waals surface area contributed by atoms with Gasteiger partial charge in [0.05, 0.1) is 21.3 Å². The zero-order valence-electron chi connectivity index (χ0n) is 24.3. The van der Waals surface area contributed by atoms with Crippen molar-refractivity contribution >= 4 is 35.4 Å². The predicted octanol–water partition coefficient (Wildman–Crippen LogP) is 6.33. The standard InChI is InChI=1S/C35H32N2O6/c1-23-9-8-10-24(19-23)13-18-30(38)25-14-16-28(17-15-25)36-35(40)29(37-34(39)26-11-6-5-7-12-26)20-27-21-32(42-3)33(43-4)22-31(27)41-2/h5-22H,1-4H3,(H,36,40)(H,37,39)/b18-13+,29-20-. The van der Waals surface area contributed by atoms with E-state index in [2.05, 4.69) is 10.6 Å². The first-order valence-electron chi connectivity index (χ1n) is 13.4. The third-order valence-corrected chi connectivity index (χ3v) is 6.46. The SMILES string of the molecule is COc1cc(OC)c(OC)cc1/C=C(\NC(=O)c1ccccc1)C(=O)Nc1ccc(C(=O)/C=C/c2cccc(C)c2)cc1. The van der Waals surface area contributed by atoms with Gasteiger partial charge in [0.2, 0.25) is 0 Å². The molecule has 43 heavy (non-hydrogen) atoms. The number of methoxy groups -OCH3 is 3. The molecule has 0 aliphatic rings. The molecule has 0 unspecified atom stereocenters. The summed E-state index contributed by atoms with van der Waals surface area (Å²) >= 11 is 0. The van der Waals surface area contributed by atoms with Gasteiger partial charge in [0.1, 0.15) is 11.4 Å². The lowest BCUT2D eigenvalue weighted by molar-refractivity contribution is -0.113. The highest BCUT2D eigenvalue weighted by atomic mass is 16.5. The van der Waals surface area contributed by atoms with Gasteiger partial charge in [-0.3, -0.25) is 14.4 Å². The van der Waals surface area contributed by atoms with Gasteiger partial charge >= 0.3 is 0 Å². The number of carbonyl (C=O) groups excluding carboxylic acids is 3. The Morgan fingerprint density at radius 1 is 0.698 bits per heavy atom. The molecular formula is C35H32N2O6. The van der Waals surface area contributed by atoms with Gasteiger partial charge in [0, 0.05) is 28.4 Å². The first kappa shape index (κ1) is 30.3. The molecule has 4 aromatic rings. The number of ether oxygens (including phenoxy) is 3. The first-order valence-corrected chi connectivity index (χ1v) is 13.4. The van der Waals surface area contributed by atoms with E-state index in [0.717, 1.165) is 11.1 Å². The maximum atomic E-state index is 13.5. The van der Waals surface area contributed by atoms with E-state index in [9.17, 15) is 14.4 Å². The molecule has 0 spiro atoms. The lowest BCUT2D eigenvalue weighted by Crippen LogP contribution is -2.30. The summed E-state index contributed by atoms with van der Waals surface area (Å²) in [7, 11) is 4.49. The Morgan fingerprint density at radius 2 is 1.37 bits per heavy atom. The van der Waals surface area contributed by atoms with Gasteiger partial charge in [-0.1, -0.05) is 54.1 Å². The van der Waals surface area contributed by atoms with Crippen molar-refractivity contribution in [1.82, 2.24) is 5.32 Å². The fourth-order valence-electron chi connectivity index (χ4n) is 4.22. The van der Waals surface area contributed by atoms with E-state index in [-0.39, 0.29) is 11.5 Å². The summed E-state index contributed by atoms with van der Waals surface area (Å²) in [4.78, 5) is 39.2. The lowest BCUT2D eigenvalue weighted by Gasteiger charge is -2.15. The molecule has 0 radical (unpaired) electrons. The minimum absolute atomic E-state index is 0.0411. The van der Waals surface area contributed by atoms with Crippen LogP contribution < -0.4 is 24.8 Å². The van der Waals surface area contributed by atoms with Crippen LogP contribution in [0.5, 0.6) is 17.2 Å². The van der Waals surface area contributed by atoms with Crippen molar-refractivity contribution in [3.05, 3.63) is 131 Å². The largest absolute Gasteiger partial charge is 0.496 e. The molecule has 8 heteroatoms. The Bertz CT molecular complexity index is 1670. The average molecular weight is 577 g/mol. The number of carbonyl (C=O) groups is 3. The van der Waals surface area contributed by atoms with Gasteiger partial charge in [0.25, 0.3) is 11.8 Å². The molecule has 0 saturated heterocycles. The zero-order chi connectivity index (χ0) is 30.8. The second kappa shape index (κ2) is 14.3. The van der Waals surface area contributed by atoms with Crippen molar-refractivity contribution in [3.63, 3.8) is 0 Å². The van der Waals surface area contributed by atoms with Crippen LogP contribution in [0.1, 0.15) is 37.4 Å². The molecule has 218 valence electrons. The van der Waals surface area contributed by atoms with Gasteiger partial charge in [-0.15, -0.1) is 0 Å². The molecule has 2 amide bonds. The molecule has 8 nitrogen and oxygen atoms in total. The normalized spacial score (nSPS) is 11.1. The molecule has 0 saturated carbocycles. The molecule has 4 aromatic carbocycles. The minimum Gasteiger partial charge on any atom is -0.496 e. The van der Waals surface area contributed by atoms with Crippen LogP contribution in [0.4, 0.5) is 5.69 Å². The first-order chi connectivity index (χ1) is 20.8. The van der Waals surface area contributed by atoms with E-state index < -0.39 is 11.8 Å². The Morgan fingerprint density at radius 3 is 2.02 bits per heavy atom. The van der Waals surface area contributed by atoms with Crippen LogP contribution in [0.3, 0.4) is 0 Å². The summed E-state index contributed by atoms with van der Waals surface area (Å²) in [6.45, 7) is 1.99. The van der Waals surface area contributed by atoms with E-state index in [1.807, 2.05) is 31.2 Å². The quantitative estimate of drug-likeness (QED) is 0.160. The number of benzene rings is 4. The van der Waals surface area contributed by atoms with Crippen molar-refractivity contribution in [2.45, 2.75) is 6.92 Å². The Kier molecular flexibility index (Phi) is 10.1. The molecule has 0 aromatic heterocycles. The molecule has 4 rings (SSSR count). The van der Waals surface area contributed by atoms with E-state index in [4.69, 9.17) is 14.2 Å². The summed E-state index contributed by atoms with van der Waals surface area (Å²) in [5.74, 6) is 0.0380. The van der Waals surface area contributed by atoms with Gasteiger partial charge in [-0.25, -0.2) is 0 Å². The molecule has 0 aliphatic heterocycles. The Balaban J connectivity index is 1.59. The summed E-state index contributed by atoms with van der Waals surface area (Å²) in [5.41, 5.74) is 3.74. The highest BCUT2D eigenvalue weighted by Gasteiger charge is 2.18. The van der Waals surface area contributed by atoms with Crippen molar-refractivity contribution in [2.75, 3.05) is 26.6 Å². The monoisotopic (exact) mass is 576 g/mol. The maximum Gasteiger partial charge on any atom is 0.272 e. The Hall–Kier alpha value is -5.63. The smallest absolute Gasteiger partial charge is 0.272 e. The van der Waals surface area contributed by atoms with Crippen LogP contribution in [0.15, 0.2) is 103 Å². The number of hydrogen-bond donors (Lipinski definition) is 2. The number of rotatable bonds is 11. The van der Waals surface area contributed by atoms with Crippen molar-refractivity contribution in [1.29, 1.82) is 0 Å². The number of allylic oxidation sites excluding steroid dienone is 1. The van der Waals surface area contributed by atoms with Crippen molar-refractivity contribution < 1.29 is 28.6 Å². The van der Waals surface area contributed by atoms with Gasteiger partial charge in [0.15, 0.2) is 17.3 Å². The number of ketones is 1. The lowest BCUT2D eigenvalue weighted by atomic mass is 10.1. The van der Waals surface area contributed by atoms with E-state index in [1.54, 1.807) is 72.8 Å². The molecule has 2 N–H and O–H groups in total. The number of hydrogen-bond acceptors (Lipinski definition) is 6. The van der Waals surface area contributed by atoms with Crippen LogP contribution in [0.25, 0.3) is 12.2 Å². The van der Waals surface area contributed by atoms with Crippen LogP contribution in [0, 0.1) is 6.92 Å². The number of nitrogens with one attached hydrogen (secondary N) is 2. The van der Waals surface area contributed by atoms with Crippen LogP contribution in [0.2, 0.25) is 0 Å². The highest BCUT2D eigenvalue weighted by Crippen LogP contribution is 2.35. The van der Waals surface area contributed by atoms with E-state index >= 15 is 0 Å².